The molecule has 0 unspecified atom stereocenters. The Morgan fingerprint density at radius 1 is 1.12 bits per heavy atom. The van der Waals surface area contributed by atoms with Gasteiger partial charge in [-0.25, -0.2) is 13.1 Å². The summed E-state index contributed by atoms with van der Waals surface area (Å²) in [5.74, 6) is -0.0142. The summed E-state index contributed by atoms with van der Waals surface area (Å²) in [5, 5.41) is 11.6. The molecule has 176 valence electrons. The maximum Gasteiger partial charge on any atom is 0.243 e. The molecule has 1 atom stereocenters. The second-order valence-corrected chi connectivity index (χ2v) is 11.3. The van der Waals surface area contributed by atoms with E-state index in [1.165, 1.54) is 30.0 Å². The van der Waals surface area contributed by atoms with Crippen molar-refractivity contribution in [1.29, 1.82) is 0 Å². The van der Waals surface area contributed by atoms with E-state index in [0.29, 0.717) is 31.4 Å². The molecule has 1 saturated carbocycles. The van der Waals surface area contributed by atoms with Crippen LogP contribution in [0.5, 0.6) is 0 Å². The lowest BCUT2D eigenvalue weighted by Crippen LogP contribution is -2.45. The summed E-state index contributed by atoms with van der Waals surface area (Å²) in [6.45, 7) is 4.87. The predicted molar refractivity (Wildman–Crippen MR) is 124 cm³/mol. The van der Waals surface area contributed by atoms with E-state index in [4.69, 9.17) is 0 Å². The first-order valence-corrected chi connectivity index (χ1v) is 13.5. The highest BCUT2D eigenvalue weighted by Crippen LogP contribution is 2.27. The standard InChI is InChI=1S/C23H35N5O3S/c1-3-17(2)28-22-11-10-20(16-21(22)25-26-28)32(30,31)27-14-12-18(13-15-27)23(29)24-19-8-6-4-5-7-9-19/h10-11,16-19H,3-9,12-15H2,1-2H3,(H,24,29)/t17-/m0/s1. The Morgan fingerprint density at radius 3 is 2.47 bits per heavy atom. The van der Waals surface area contributed by atoms with Crippen LogP contribution in [0.1, 0.15) is 77.7 Å². The molecule has 2 fully saturated rings. The second kappa shape index (κ2) is 9.87. The molecule has 1 aromatic carbocycles. The van der Waals surface area contributed by atoms with Crippen LogP contribution < -0.4 is 5.32 Å². The average molecular weight is 462 g/mol. The van der Waals surface area contributed by atoms with Crippen molar-refractivity contribution in [2.24, 2.45) is 5.92 Å². The number of nitrogens with one attached hydrogen (secondary N) is 1. The first-order chi connectivity index (χ1) is 15.4. The first kappa shape index (κ1) is 23.2. The van der Waals surface area contributed by atoms with Crippen molar-refractivity contribution < 1.29 is 13.2 Å². The molecule has 2 aromatic rings. The number of hydrogen-bond donors (Lipinski definition) is 1. The molecule has 0 spiro atoms. The van der Waals surface area contributed by atoms with Crippen LogP contribution in [-0.4, -0.2) is 52.8 Å². The number of fused-ring (bicyclic) bond motifs is 1. The van der Waals surface area contributed by atoms with Gasteiger partial charge in [0.05, 0.1) is 16.5 Å². The van der Waals surface area contributed by atoms with Gasteiger partial charge in [-0.15, -0.1) is 5.10 Å². The highest BCUT2D eigenvalue weighted by Gasteiger charge is 2.33. The van der Waals surface area contributed by atoms with Crippen molar-refractivity contribution >= 4 is 27.0 Å². The van der Waals surface area contributed by atoms with Crippen LogP contribution in [0.4, 0.5) is 0 Å². The van der Waals surface area contributed by atoms with Crippen molar-refractivity contribution in [1.82, 2.24) is 24.6 Å². The molecule has 8 nitrogen and oxygen atoms in total. The molecule has 2 aliphatic rings. The van der Waals surface area contributed by atoms with Crippen molar-refractivity contribution in [2.45, 2.75) is 88.6 Å². The molecule has 1 aliphatic heterocycles. The number of carbonyl (C=O) groups is 1. The molecule has 1 amide bonds. The van der Waals surface area contributed by atoms with E-state index in [-0.39, 0.29) is 28.8 Å². The summed E-state index contributed by atoms with van der Waals surface area (Å²) < 4.78 is 29.8. The van der Waals surface area contributed by atoms with E-state index < -0.39 is 10.0 Å². The van der Waals surface area contributed by atoms with E-state index in [9.17, 15) is 13.2 Å². The summed E-state index contributed by atoms with van der Waals surface area (Å²) >= 11 is 0. The molecule has 32 heavy (non-hydrogen) atoms. The van der Waals surface area contributed by atoms with Crippen LogP contribution in [0.3, 0.4) is 0 Å². The van der Waals surface area contributed by atoms with Gasteiger partial charge in [0.1, 0.15) is 5.52 Å². The lowest BCUT2D eigenvalue weighted by Gasteiger charge is -2.31. The van der Waals surface area contributed by atoms with E-state index >= 15 is 0 Å². The quantitative estimate of drug-likeness (QED) is 0.663. The van der Waals surface area contributed by atoms with Gasteiger partial charge in [0.25, 0.3) is 0 Å². The third kappa shape index (κ3) is 4.83. The van der Waals surface area contributed by atoms with Crippen LogP contribution in [0, 0.1) is 5.92 Å². The van der Waals surface area contributed by atoms with Gasteiger partial charge in [-0.2, -0.15) is 4.31 Å². The number of sulfonamides is 1. The summed E-state index contributed by atoms with van der Waals surface area (Å²) in [6, 6.07) is 5.53. The van der Waals surface area contributed by atoms with Gasteiger partial charge in [-0.1, -0.05) is 37.8 Å². The average Bonchev–Trinajstić information content (AvgIpc) is 3.07. The van der Waals surface area contributed by atoms with Crippen molar-refractivity contribution in [3.8, 4) is 0 Å². The fourth-order valence-electron chi connectivity index (χ4n) is 4.83. The molecule has 1 aliphatic carbocycles. The van der Waals surface area contributed by atoms with Crippen LogP contribution in [-0.2, 0) is 14.8 Å². The SMILES string of the molecule is CC[C@H](C)n1nnc2cc(S(=O)(=O)N3CCC(C(=O)NC4CCCCCC4)CC3)ccc21. The molecule has 1 aromatic heterocycles. The number of carbonyl (C=O) groups excluding carboxylic acids is 1. The van der Waals surface area contributed by atoms with Crippen molar-refractivity contribution in [3.05, 3.63) is 18.2 Å². The molecule has 9 heteroatoms. The van der Waals surface area contributed by atoms with Gasteiger partial charge in [0.2, 0.25) is 15.9 Å². The Balaban J connectivity index is 1.39. The molecule has 1 N–H and O–H groups in total. The predicted octanol–water partition coefficient (Wildman–Crippen LogP) is 3.64. The minimum atomic E-state index is -3.63. The number of aromatic nitrogens is 3. The molecule has 2 heterocycles. The minimum absolute atomic E-state index is 0.0945. The number of hydrogen-bond acceptors (Lipinski definition) is 5. The lowest BCUT2D eigenvalue weighted by atomic mass is 9.96. The normalized spacial score (nSPS) is 20.8. The number of benzene rings is 1. The fraction of sp³-hybridized carbons (Fsp3) is 0.696. The fourth-order valence-corrected chi connectivity index (χ4v) is 6.32. The molecule has 0 bridgehead atoms. The monoisotopic (exact) mass is 461 g/mol. The summed E-state index contributed by atoms with van der Waals surface area (Å²) in [5.41, 5.74) is 1.43. The van der Waals surface area contributed by atoms with Crippen molar-refractivity contribution in [2.75, 3.05) is 13.1 Å². The summed E-state index contributed by atoms with van der Waals surface area (Å²) in [6.07, 6.45) is 9.02. The Labute approximate surface area is 190 Å². The second-order valence-electron chi connectivity index (χ2n) is 9.32. The topological polar surface area (TPSA) is 97.2 Å². The maximum atomic E-state index is 13.2. The minimum Gasteiger partial charge on any atom is -0.353 e. The van der Waals surface area contributed by atoms with E-state index in [0.717, 1.165) is 24.8 Å². The van der Waals surface area contributed by atoms with E-state index in [1.807, 2.05) is 4.68 Å². The number of piperidine rings is 1. The van der Waals surface area contributed by atoms with Gasteiger partial charge in [-0.3, -0.25) is 4.79 Å². The number of nitrogens with zero attached hydrogens (tertiary/aromatic N) is 4. The Kier molecular flexibility index (Phi) is 7.14. The number of rotatable bonds is 6. The molecular weight excluding hydrogens is 426 g/mol. The van der Waals surface area contributed by atoms with E-state index in [1.54, 1.807) is 18.2 Å². The van der Waals surface area contributed by atoms with Crippen LogP contribution in [0.25, 0.3) is 11.0 Å². The molecule has 1 saturated heterocycles. The molecule has 4 rings (SSSR count). The van der Waals surface area contributed by atoms with Gasteiger partial charge in [-0.05, 0) is 57.2 Å². The van der Waals surface area contributed by atoms with Crippen molar-refractivity contribution in [3.63, 3.8) is 0 Å². The zero-order valence-corrected chi connectivity index (χ0v) is 20.0. The van der Waals surface area contributed by atoms with Gasteiger partial charge >= 0.3 is 0 Å². The lowest BCUT2D eigenvalue weighted by molar-refractivity contribution is -0.126. The van der Waals surface area contributed by atoms with Crippen LogP contribution in [0.2, 0.25) is 0 Å². The smallest absolute Gasteiger partial charge is 0.243 e. The van der Waals surface area contributed by atoms with Gasteiger partial charge in [0.15, 0.2) is 0 Å². The highest BCUT2D eigenvalue weighted by molar-refractivity contribution is 7.89. The third-order valence-corrected chi connectivity index (χ3v) is 9.01. The van der Waals surface area contributed by atoms with Gasteiger partial charge in [0, 0.05) is 25.0 Å². The summed E-state index contributed by atoms with van der Waals surface area (Å²) in [4.78, 5) is 13.0. The zero-order chi connectivity index (χ0) is 22.7. The highest BCUT2D eigenvalue weighted by atomic mass is 32.2. The Bertz CT molecular complexity index is 1040. The Hall–Kier alpha value is -2.00. The largest absolute Gasteiger partial charge is 0.353 e. The Morgan fingerprint density at radius 2 is 1.81 bits per heavy atom. The maximum absolute atomic E-state index is 13.2. The number of amides is 1. The molecule has 0 radical (unpaired) electrons. The van der Waals surface area contributed by atoms with Gasteiger partial charge < -0.3 is 5.32 Å². The van der Waals surface area contributed by atoms with E-state index in [2.05, 4.69) is 29.5 Å². The first-order valence-electron chi connectivity index (χ1n) is 12.1. The third-order valence-electron chi connectivity index (χ3n) is 7.11. The van der Waals surface area contributed by atoms with Crippen LogP contribution >= 0.6 is 0 Å². The summed E-state index contributed by atoms with van der Waals surface area (Å²) in [7, 11) is -3.63. The van der Waals surface area contributed by atoms with Crippen LogP contribution in [0.15, 0.2) is 23.1 Å². The zero-order valence-electron chi connectivity index (χ0n) is 19.2. The molecular formula is C23H35N5O3S.